The van der Waals surface area contributed by atoms with E-state index in [1.807, 2.05) is 19.2 Å². The van der Waals surface area contributed by atoms with Gasteiger partial charge < -0.3 is 19.7 Å². The van der Waals surface area contributed by atoms with Gasteiger partial charge in [-0.05, 0) is 62.6 Å². The Hall–Kier alpha value is -2.12. The van der Waals surface area contributed by atoms with E-state index in [-0.39, 0.29) is 35.8 Å². The van der Waals surface area contributed by atoms with Gasteiger partial charge >= 0.3 is 0 Å². The molecule has 0 bridgehead atoms. The first-order valence-corrected chi connectivity index (χ1v) is 13.0. The lowest BCUT2D eigenvalue weighted by atomic mass is 9.99. The average molecular weight is 472 g/mol. The molecule has 7 heteroatoms. The summed E-state index contributed by atoms with van der Waals surface area (Å²) >= 11 is 0. The predicted molar refractivity (Wildman–Crippen MR) is 133 cm³/mol. The first kappa shape index (κ1) is 25.0. The van der Waals surface area contributed by atoms with Crippen molar-refractivity contribution in [2.75, 3.05) is 45.7 Å². The van der Waals surface area contributed by atoms with E-state index in [0.717, 1.165) is 31.8 Å². The molecule has 1 heterocycles. The highest BCUT2D eigenvalue weighted by Gasteiger charge is 2.31. The molecule has 0 saturated heterocycles. The van der Waals surface area contributed by atoms with Crippen LogP contribution in [-0.4, -0.2) is 74.2 Å². The molecule has 1 aromatic carbocycles. The van der Waals surface area contributed by atoms with E-state index in [4.69, 9.17) is 9.47 Å². The molecule has 2 aliphatic carbocycles. The summed E-state index contributed by atoms with van der Waals surface area (Å²) < 4.78 is 12.1. The van der Waals surface area contributed by atoms with E-state index in [1.165, 1.54) is 25.7 Å². The average Bonchev–Trinajstić information content (AvgIpc) is 3.56. The Bertz CT molecular complexity index is 865. The first-order valence-electron chi connectivity index (χ1n) is 13.0. The molecular weight excluding hydrogens is 430 g/mol. The highest BCUT2D eigenvalue weighted by molar-refractivity contribution is 6.00. The lowest BCUT2D eigenvalue weighted by Gasteiger charge is -2.37. The van der Waals surface area contributed by atoms with E-state index in [9.17, 15) is 9.59 Å². The second-order valence-electron chi connectivity index (χ2n) is 10.7. The van der Waals surface area contributed by atoms with Crippen molar-refractivity contribution in [1.82, 2.24) is 9.80 Å². The van der Waals surface area contributed by atoms with Crippen molar-refractivity contribution < 1.29 is 19.1 Å². The SMILES string of the molecule is CO[C@@H]1CN(C)C(=O)c2cc(NC(=O)C3CC3)ccc2OC[C@H](C)N(CC2CCCC2)C[C@H]1C. The molecule has 2 saturated carbocycles. The lowest BCUT2D eigenvalue weighted by Crippen LogP contribution is -2.47. The highest BCUT2D eigenvalue weighted by Crippen LogP contribution is 2.32. The number of ether oxygens (including phenoxy) is 2. The third-order valence-corrected chi connectivity index (χ3v) is 7.76. The molecule has 0 spiro atoms. The van der Waals surface area contributed by atoms with E-state index in [0.29, 0.717) is 30.2 Å². The summed E-state index contributed by atoms with van der Waals surface area (Å²) in [5.41, 5.74) is 1.12. The van der Waals surface area contributed by atoms with Crippen molar-refractivity contribution in [3.63, 3.8) is 0 Å². The Kier molecular flexibility index (Phi) is 8.14. The zero-order valence-corrected chi connectivity index (χ0v) is 21.2. The minimum absolute atomic E-state index is 0.0271. The largest absolute Gasteiger partial charge is 0.491 e. The van der Waals surface area contributed by atoms with Crippen LogP contribution in [0, 0.1) is 17.8 Å². The number of rotatable bonds is 5. The van der Waals surface area contributed by atoms with Crippen LogP contribution in [0.15, 0.2) is 18.2 Å². The fraction of sp³-hybridized carbons (Fsp3) is 0.704. The lowest BCUT2D eigenvalue weighted by molar-refractivity contribution is -0.117. The van der Waals surface area contributed by atoms with Crippen LogP contribution in [-0.2, 0) is 9.53 Å². The highest BCUT2D eigenvalue weighted by atomic mass is 16.5. The number of anilines is 1. The van der Waals surface area contributed by atoms with Gasteiger partial charge in [0, 0.05) is 51.4 Å². The fourth-order valence-electron chi connectivity index (χ4n) is 5.30. The number of amides is 2. The minimum atomic E-state index is -0.122. The number of likely N-dealkylation sites (N-methyl/N-ethyl adjacent to an activating group) is 1. The number of carbonyl (C=O) groups excluding carboxylic acids is 2. The van der Waals surface area contributed by atoms with Gasteiger partial charge in [-0.1, -0.05) is 19.8 Å². The number of methoxy groups -OCH3 is 1. The Morgan fingerprint density at radius 1 is 1.15 bits per heavy atom. The van der Waals surface area contributed by atoms with Gasteiger partial charge in [0.1, 0.15) is 12.4 Å². The summed E-state index contributed by atoms with van der Waals surface area (Å²) in [4.78, 5) is 30.0. The molecular formula is C27H41N3O4. The monoisotopic (exact) mass is 471 g/mol. The van der Waals surface area contributed by atoms with Crippen LogP contribution in [0.3, 0.4) is 0 Å². The summed E-state index contributed by atoms with van der Waals surface area (Å²) in [5, 5.41) is 2.96. The minimum Gasteiger partial charge on any atom is -0.491 e. The van der Waals surface area contributed by atoms with Gasteiger partial charge in [-0.2, -0.15) is 0 Å². The molecule has 2 amide bonds. The Balaban J connectivity index is 1.59. The van der Waals surface area contributed by atoms with Crippen LogP contribution in [0.4, 0.5) is 5.69 Å². The topological polar surface area (TPSA) is 71.1 Å². The van der Waals surface area contributed by atoms with Gasteiger partial charge in [0.05, 0.1) is 11.7 Å². The van der Waals surface area contributed by atoms with Gasteiger partial charge in [-0.25, -0.2) is 0 Å². The van der Waals surface area contributed by atoms with Crippen molar-refractivity contribution >= 4 is 17.5 Å². The third kappa shape index (κ3) is 6.11. The predicted octanol–water partition coefficient (Wildman–Crippen LogP) is 4.03. The molecule has 34 heavy (non-hydrogen) atoms. The number of hydrogen-bond donors (Lipinski definition) is 1. The zero-order valence-electron chi connectivity index (χ0n) is 21.2. The normalized spacial score (nSPS) is 27.5. The number of nitrogens with one attached hydrogen (secondary N) is 1. The van der Waals surface area contributed by atoms with E-state index in [1.54, 1.807) is 18.1 Å². The molecule has 3 atom stereocenters. The number of benzene rings is 1. The van der Waals surface area contributed by atoms with Gasteiger partial charge in [0.2, 0.25) is 5.91 Å². The number of hydrogen-bond acceptors (Lipinski definition) is 5. The van der Waals surface area contributed by atoms with Gasteiger partial charge in [-0.15, -0.1) is 0 Å². The molecule has 4 rings (SSSR count). The van der Waals surface area contributed by atoms with Gasteiger partial charge in [0.15, 0.2) is 0 Å². The summed E-state index contributed by atoms with van der Waals surface area (Å²) in [6.07, 6.45) is 7.09. The molecule has 3 aliphatic rings. The molecule has 2 fully saturated rings. The third-order valence-electron chi connectivity index (χ3n) is 7.76. The second kappa shape index (κ2) is 11.1. The van der Waals surface area contributed by atoms with Crippen molar-refractivity contribution in [2.45, 2.75) is 64.5 Å². The van der Waals surface area contributed by atoms with Gasteiger partial charge in [0.25, 0.3) is 5.91 Å². The maximum absolute atomic E-state index is 13.4. The Labute approximate surface area is 204 Å². The van der Waals surface area contributed by atoms with Crippen LogP contribution in [0.25, 0.3) is 0 Å². The maximum atomic E-state index is 13.4. The molecule has 7 nitrogen and oxygen atoms in total. The van der Waals surface area contributed by atoms with Crippen molar-refractivity contribution in [1.29, 1.82) is 0 Å². The van der Waals surface area contributed by atoms with Crippen LogP contribution in [0.5, 0.6) is 5.75 Å². The zero-order chi connectivity index (χ0) is 24.2. The quantitative estimate of drug-likeness (QED) is 0.702. The molecule has 0 radical (unpaired) electrons. The van der Waals surface area contributed by atoms with E-state index in [2.05, 4.69) is 24.1 Å². The fourth-order valence-corrected chi connectivity index (χ4v) is 5.30. The van der Waals surface area contributed by atoms with Crippen LogP contribution in [0.2, 0.25) is 0 Å². The van der Waals surface area contributed by atoms with Crippen LogP contribution in [0.1, 0.15) is 62.7 Å². The standard InChI is InChI=1S/C27H41N3O4/c1-18-14-30(15-20-7-5-6-8-20)19(2)17-34-24-12-11-22(28-26(31)21-9-10-21)13-23(24)27(32)29(3)16-25(18)33-4/h11-13,18-21,25H,5-10,14-17H2,1-4H3,(H,28,31)/t18-,19+,25-/m1/s1. The molecule has 188 valence electrons. The molecule has 0 unspecified atom stereocenters. The summed E-state index contributed by atoms with van der Waals surface area (Å²) in [6.45, 7) is 7.44. The number of fused-ring (bicyclic) bond motifs is 1. The van der Waals surface area contributed by atoms with Crippen molar-refractivity contribution in [3.8, 4) is 5.75 Å². The molecule has 0 aromatic heterocycles. The van der Waals surface area contributed by atoms with Gasteiger partial charge in [-0.3, -0.25) is 14.5 Å². The van der Waals surface area contributed by atoms with E-state index >= 15 is 0 Å². The molecule has 1 aromatic rings. The van der Waals surface area contributed by atoms with Crippen LogP contribution >= 0.6 is 0 Å². The Morgan fingerprint density at radius 2 is 1.88 bits per heavy atom. The first-order chi connectivity index (χ1) is 16.4. The van der Waals surface area contributed by atoms with Crippen molar-refractivity contribution in [3.05, 3.63) is 23.8 Å². The summed E-state index contributed by atoms with van der Waals surface area (Å²) in [6, 6.07) is 5.63. The number of nitrogens with zero attached hydrogens (tertiary/aromatic N) is 2. The van der Waals surface area contributed by atoms with Crippen molar-refractivity contribution in [2.24, 2.45) is 17.8 Å². The second-order valence-corrected chi connectivity index (χ2v) is 10.7. The summed E-state index contributed by atoms with van der Waals surface area (Å²) in [5.74, 6) is 1.59. The maximum Gasteiger partial charge on any atom is 0.257 e. The Morgan fingerprint density at radius 3 is 2.56 bits per heavy atom. The number of carbonyl (C=O) groups is 2. The summed E-state index contributed by atoms with van der Waals surface area (Å²) in [7, 11) is 3.55. The smallest absolute Gasteiger partial charge is 0.257 e. The molecule has 1 N–H and O–H groups in total. The molecule has 1 aliphatic heterocycles. The van der Waals surface area contributed by atoms with E-state index < -0.39 is 0 Å². The van der Waals surface area contributed by atoms with Crippen LogP contribution < -0.4 is 10.1 Å².